The first-order valence-electron chi connectivity index (χ1n) is 4.59. The molecule has 1 unspecified atom stereocenters. The molecule has 0 radical (unpaired) electrons. The normalized spacial score (nSPS) is 24.0. The summed E-state index contributed by atoms with van der Waals surface area (Å²) in [6, 6.07) is 2.98. The molecule has 1 aliphatic rings. The molecular formula is C10H15NS. The molecule has 0 amide bonds. The van der Waals surface area contributed by atoms with E-state index >= 15 is 0 Å². The van der Waals surface area contributed by atoms with Gasteiger partial charge in [-0.25, -0.2) is 0 Å². The monoisotopic (exact) mass is 181 g/mol. The van der Waals surface area contributed by atoms with Crippen molar-refractivity contribution < 1.29 is 0 Å². The Hall–Kier alpha value is -0.340. The molecule has 1 aromatic rings. The fourth-order valence-electron chi connectivity index (χ4n) is 2.05. The Morgan fingerprint density at radius 3 is 3.25 bits per heavy atom. The van der Waals surface area contributed by atoms with Crippen molar-refractivity contribution in [3.05, 3.63) is 21.9 Å². The van der Waals surface area contributed by atoms with Crippen molar-refractivity contribution >= 4 is 11.3 Å². The van der Waals surface area contributed by atoms with Crippen LogP contribution in [0.4, 0.5) is 0 Å². The summed E-state index contributed by atoms with van der Waals surface area (Å²) in [5.74, 6) is 0. The Kier molecular flexibility index (Phi) is 2.20. The maximum absolute atomic E-state index is 2.47. The summed E-state index contributed by atoms with van der Waals surface area (Å²) < 4.78 is 0. The molecule has 0 fully saturated rings. The number of hydrogen-bond acceptors (Lipinski definition) is 2. The van der Waals surface area contributed by atoms with Crippen molar-refractivity contribution in [2.75, 3.05) is 13.6 Å². The van der Waals surface area contributed by atoms with Crippen molar-refractivity contribution in [1.82, 2.24) is 4.90 Å². The van der Waals surface area contributed by atoms with E-state index in [1.807, 2.05) is 11.3 Å². The fourth-order valence-corrected chi connectivity index (χ4v) is 2.98. The Bertz CT molecular complexity index is 267. The largest absolute Gasteiger partial charge is 0.299 e. The van der Waals surface area contributed by atoms with Crippen molar-refractivity contribution in [2.24, 2.45) is 0 Å². The molecule has 2 heterocycles. The molecule has 66 valence electrons. The van der Waals surface area contributed by atoms with Gasteiger partial charge in [-0.3, -0.25) is 4.90 Å². The van der Waals surface area contributed by atoms with Gasteiger partial charge >= 0.3 is 0 Å². The first-order valence-corrected chi connectivity index (χ1v) is 5.47. The van der Waals surface area contributed by atoms with Crippen LogP contribution in [0, 0.1) is 0 Å². The Balaban J connectivity index is 2.34. The predicted molar refractivity (Wildman–Crippen MR) is 53.7 cm³/mol. The summed E-state index contributed by atoms with van der Waals surface area (Å²) in [7, 11) is 2.23. The molecule has 1 aliphatic heterocycles. The van der Waals surface area contributed by atoms with E-state index in [-0.39, 0.29) is 0 Å². The first-order chi connectivity index (χ1) is 5.83. The SMILES string of the molecule is CCC1c2ccsc2CCN1C. The third kappa shape index (κ3) is 1.19. The number of fused-ring (bicyclic) bond motifs is 1. The van der Waals surface area contributed by atoms with Gasteiger partial charge in [0, 0.05) is 17.5 Å². The third-order valence-corrected chi connectivity index (χ3v) is 3.75. The summed E-state index contributed by atoms with van der Waals surface area (Å²) in [5.41, 5.74) is 1.58. The highest BCUT2D eigenvalue weighted by molar-refractivity contribution is 7.10. The maximum Gasteiger partial charge on any atom is 0.0353 e. The molecule has 0 saturated heterocycles. The summed E-state index contributed by atoms with van der Waals surface area (Å²) >= 11 is 1.92. The van der Waals surface area contributed by atoms with Gasteiger partial charge in [0.15, 0.2) is 0 Å². The van der Waals surface area contributed by atoms with Gasteiger partial charge in [-0.1, -0.05) is 6.92 Å². The number of thiophene rings is 1. The van der Waals surface area contributed by atoms with Crippen molar-refractivity contribution in [2.45, 2.75) is 25.8 Å². The summed E-state index contributed by atoms with van der Waals surface area (Å²) in [5, 5.41) is 2.23. The van der Waals surface area contributed by atoms with Crippen molar-refractivity contribution in [3.8, 4) is 0 Å². The summed E-state index contributed by atoms with van der Waals surface area (Å²) in [6.45, 7) is 3.50. The highest BCUT2D eigenvalue weighted by Gasteiger charge is 2.23. The van der Waals surface area contributed by atoms with Crippen LogP contribution in [0.25, 0.3) is 0 Å². The standard InChI is InChI=1S/C10H15NS/c1-3-9-8-5-7-12-10(8)4-6-11(9)2/h5,7,9H,3-4,6H2,1-2H3. The van der Waals surface area contributed by atoms with Gasteiger partial charge in [-0.15, -0.1) is 11.3 Å². The van der Waals surface area contributed by atoms with E-state index in [0.717, 1.165) is 0 Å². The van der Waals surface area contributed by atoms with Crippen LogP contribution in [0.15, 0.2) is 11.4 Å². The highest BCUT2D eigenvalue weighted by atomic mass is 32.1. The van der Waals surface area contributed by atoms with Gasteiger partial charge in [0.25, 0.3) is 0 Å². The molecule has 0 saturated carbocycles. The van der Waals surface area contributed by atoms with Crippen LogP contribution < -0.4 is 0 Å². The van der Waals surface area contributed by atoms with Gasteiger partial charge in [-0.05, 0) is 36.9 Å². The first kappa shape index (κ1) is 8.27. The number of hydrogen-bond donors (Lipinski definition) is 0. The molecule has 0 aliphatic carbocycles. The van der Waals surface area contributed by atoms with Crippen molar-refractivity contribution in [3.63, 3.8) is 0 Å². The minimum absolute atomic E-state index is 0.681. The van der Waals surface area contributed by atoms with Crippen molar-refractivity contribution in [1.29, 1.82) is 0 Å². The average Bonchev–Trinajstić information content (AvgIpc) is 2.52. The van der Waals surface area contributed by atoms with Crippen LogP contribution in [0.5, 0.6) is 0 Å². The molecule has 1 nitrogen and oxygen atoms in total. The van der Waals surface area contributed by atoms with Crippen LogP contribution in [-0.2, 0) is 6.42 Å². The molecular weight excluding hydrogens is 166 g/mol. The molecule has 2 heteroatoms. The van der Waals surface area contributed by atoms with Gasteiger partial charge in [-0.2, -0.15) is 0 Å². The molecule has 0 N–H and O–H groups in total. The minimum Gasteiger partial charge on any atom is -0.299 e. The molecule has 0 bridgehead atoms. The van der Waals surface area contributed by atoms with Gasteiger partial charge < -0.3 is 0 Å². The Labute approximate surface area is 78.0 Å². The molecule has 0 spiro atoms. The highest BCUT2D eigenvalue weighted by Crippen LogP contribution is 2.33. The lowest BCUT2D eigenvalue weighted by Crippen LogP contribution is -2.30. The second kappa shape index (κ2) is 3.19. The van der Waals surface area contributed by atoms with E-state index in [4.69, 9.17) is 0 Å². The molecule has 2 rings (SSSR count). The Morgan fingerprint density at radius 1 is 1.67 bits per heavy atom. The van der Waals surface area contributed by atoms with E-state index < -0.39 is 0 Å². The van der Waals surface area contributed by atoms with Crippen LogP contribution in [0.3, 0.4) is 0 Å². The molecule has 0 aromatic carbocycles. The predicted octanol–water partition coefficient (Wildman–Crippen LogP) is 2.69. The number of nitrogens with zero attached hydrogens (tertiary/aromatic N) is 1. The van der Waals surface area contributed by atoms with Crippen LogP contribution >= 0.6 is 11.3 Å². The smallest absolute Gasteiger partial charge is 0.0353 e. The van der Waals surface area contributed by atoms with E-state index in [0.29, 0.717) is 6.04 Å². The average molecular weight is 181 g/mol. The quantitative estimate of drug-likeness (QED) is 0.644. The van der Waals surface area contributed by atoms with E-state index in [9.17, 15) is 0 Å². The lowest BCUT2D eigenvalue weighted by atomic mass is 9.99. The number of rotatable bonds is 1. The van der Waals surface area contributed by atoms with Gasteiger partial charge in [0.1, 0.15) is 0 Å². The summed E-state index contributed by atoms with van der Waals surface area (Å²) in [6.07, 6.45) is 2.49. The summed E-state index contributed by atoms with van der Waals surface area (Å²) in [4.78, 5) is 4.08. The zero-order valence-corrected chi connectivity index (χ0v) is 8.53. The fraction of sp³-hybridized carbons (Fsp3) is 0.600. The Morgan fingerprint density at radius 2 is 2.50 bits per heavy atom. The molecule has 12 heavy (non-hydrogen) atoms. The van der Waals surface area contributed by atoms with Gasteiger partial charge in [0.2, 0.25) is 0 Å². The third-order valence-electron chi connectivity index (χ3n) is 2.75. The second-order valence-corrected chi connectivity index (χ2v) is 4.45. The second-order valence-electron chi connectivity index (χ2n) is 3.45. The van der Waals surface area contributed by atoms with Crippen LogP contribution in [0.2, 0.25) is 0 Å². The molecule has 1 aromatic heterocycles. The lowest BCUT2D eigenvalue weighted by Gasteiger charge is -2.31. The van der Waals surface area contributed by atoms with Gasteiger partial charge in [0.05, 0.1) is 0 Å². The van der Waals surface area contributed by atoms with E-state index in [1.165, 1.54) is 19.4 Å². The van der Waals surface area contributed by atoms with Crippen LogP contribution in [0.1, 0.15) is 29.8 Å². The lowest BCUT2D eigenvalue weighted by molar-refractivity contribution is 0.227. The van der Waals surface area contributed by atoms with Crippen LogP contribution in [-0.4, -0.2) is 18.5 Å². The molecule has 1 atom stereocenters. The zero-order valence-electron chi connectivity index (χ0n) is 7.71. The number of likely N-dealkylation sites (N-methyl/N-ethyl adjacent to an activating group) is 1. The van der Waals surface area contributed by atoms with E-state index in [2.05, 4.69) is 30.3 Å². The topological polar surface area (TPSA) is 3.24 Å². The maximum atomic E-state index is 2.47. The zero-order chi connectivity index (χ0) is 8.55. The minimum atomic E-state index is 0.681. The van der Waals surface area contributed by atoms with E-state index in [1.54, 1.807) is 10.4 Å².